The molecular weight excluding hydrogens is 240 g/mol. The molecule has 0 aliphatic carbocycles. The number of β-amino-alcohol motifs (C(OH)–C–C–N with tert-alkyl or cyclic N) is 1. The molecule has 2 N–H and O–H groups in total. The van der Waals surface area contributed by atoms with Crippen molar-refractivity contribution in [3.8, 4) is 0 Å². The number of H-pyrrole nitrogens is 1. The van der Waals surface area contributed by atoms with Crippen molar-refractivity contribution in [3.05, 3.63) is 46.4 Å². The Morgan fingerprint density at radius 2 is 2.26 bits per heavy atom. The molecule has 0 amide bonds. The van der Waals surface area contributed by atoms with Gasteiger partial charge in [0.25, 0.3) is 5.56 Å². The Kier molecular flexibility index (Phi) is 4.35. The molecule has 2 rings (SSSR count). The van der Waals surface area contributed by atoms with Crippen LogP contribution in [0.15, 0.2) is 24.0 Å². The predicted octanol–water partition coefficient (Wildman–Crippen LogP) is 1.44. The van der Waals surface area contributed by atoms with Crippen molar-refractivity contribution < 1.29 is 5.11 Å². The van der Waals surface area contributed by atoms with Gasteiger partial charge in [-0.25, -0.2) is 0 Å². The lowest BCUT2D eigenvalue weighted by Crippen LogP contribution is -2.24. The van der Waals surface area contributed by atoms with Gasteiger partial charge in [-0.1, -0.05) is 25.3 Å². The number of aromatic amines is 1. The fourth-order valence-corrected chi connectivity index (χ4v) is 2.64. The molecule has 1 aliphatic rings. The van der Waals surface area contributed by atoms with Crippen LogP contribution in [0.3, 0.4) is 0 Å². The third kappa shape index (κ3) is 2.85. The molecule has 4 nitrogen and oxygen atoms in total. The van der Waals surface area contributed by atoms with Crippen LogP contribution in [0.2, 0.25) is 0 Å². The van der Waals surface area contributed by atoms with Crippen LogP contribution in [0.5, 0.6) is 0 Å². The van der Waals surface area contributed by atoms with E-state index in [2.05, 4.69) is 23.0 Å². The summed E-state index contributed by atoms with van der Waals surface area (Å²) in [4.78, 5) is 17.1. The van der Waals surface area contributed by atoms with Crippen LogP contribution in [-0.2, 0) is 0 Å². The Bertz CT molecular complexity index is 533. The molecule has 0 bridgehead atoms. The number of pyridine rings is 1. The standard InChI is InChI=1S/C15H20N2O2/c1-3-11-9-14(16-15(19)13(11)4-2)12-5-6-17(10-12)7-8-18/h3-4,9,12,18H,1-2,5-8,10H2,(H,16,19). The molecule has 1 unspecified atom stereocenters. The van der Waals surface area contributed by atoms with E-state index in [1.807, 2.05) is 6.07 Å². The summed E-state index contributed by atoms with van der Waals surface area (Å²) in [5, 5.41) is 8.95. The number of hydrogen-bond acceptors (Lipinski definition) is 3. The Hall–Kier alpha value is -1.65. The van der Waals surface area contributed by atoms with E-state index in [4.69, 9.17) is 5.11 Å². The highest BCUT2D eigenvalue weighted by Crippen LogP contribution is 2.26. The van der Waals surface area contributed by atoms with Gasteiger partial charge in [0.15, 0.2) is 0 Å². The second-order valence-corrected chi connectivity index (χ2v) is 4.84. The van der Waals surface area contributed by atoms with Gasteiger partial charge in [0.05, 0.1) is 6.61 Å². The number of likely N-dealkylation sites (tertiary alicyclic amines) is 1. The van der Waals surface area contributed by atoms with Crippen molar-refractivity contribution in [2.24, 2.45) is 0 Å². The summed E-state index contributed by atoms with van der Waals surface area (Å²) in [5.74, 6) is 0.316. The summed E-state index contributed by atoms with van der Waals surface area (Å²) in [6.07, 6.45) is 4.25. The molecule has 0 saturated carbocycles. The lowest BCUT2D eigenvalue weighted by Gasteiger charge is -2.15. The van der Waals surface area contributed by atoms with Crippen molar-refractivity contribution >= 4 is 12.2 Å². The van der Waals surface area contributed by atoms with Crippen molar-refractivity contribution in [3.63, 3.8) is 0 Å². The minimum absolute atomic E-state index is 0.108. The Morgan fingerprint density at radius 1 is 1.47 bits per heavy atom. The van der Waals surface area contributed by atoms with Crippen LogP contribution in [0.4, 0.5) is 0 Å². The summed E-state index contributed by atoms with van der Waals surface area (Å²) in [6.45, 7) is 10.1. The lowest BCUT2D eigenvalue weighted by atomic mass is 10.00. The third-order valence-corrected chi connectivity index (χ3v) is 3.68. The average molecular weight is 260 g/mol. The van der Waals surface area contributed by atoms with Gasteiger partial charge < -0.3 is 15.0 Å². The molecule has 2 heterocycles. The number of nitrogens with one attached hydrogen (secondary N) is 1. The SMILES string of the molecule is C=Cc1cc(C2CCN(CCO)C2)[nH]c(=O)c1C=C. The van der Waals surface area contributed by atoms with Crippen LogP contribution in [-0.4, -0.2) is 41.2 Å². The normalized spacial score (nSPS) is 19.5. The second kappa shape index (κ2) is 5.99. The van der Waals surface area contributed by atoms with Crippen LogP contribution in [0.1, 0.15) is 29.2 Å². The zero-order valence-electron chi connectivity index (χ0n) is 11.1. The molecule has 1 aromatic heterocycles. The first-order valence-corrected chi connectivity index (χ1v) is 6.55. The molecule has 1 aliphatic heterocycles. The van der Waals surface area contributed by atoms with Gasteiger partial charge in [0, 0.05) is 30.3 Å². The fraction of sp³-hybridized carbons (Fsp3) is 0.400. The van der Waals surface area contributed by atoms with Crippen molar-refractivity contribution in [2.45, 2.75) is 12.3 Å². The zero-order valence-corrected chi connectivity index (χ0v) is 11.1. The van der Waals surface area contributed by atoms with E-state index >= 15 is 0 Å². The molecule has 0 spiro atoms. The molecule has 0 aromatic carbocycles. The summed E-state index contributed by atoms with van der Waals surface area (Å²) in [5.41, 5.74) is 2.24. The van der Waals surface area contributed by atoms with Gasteiger partial charge in [-0.3, -0.25) is 4.79 Å². The number of rotatable bonds is 5. The van der Waals surface area contributed by atoms with Gasteiger partial charge in [0.1, 0.15) is 0 Å². The highest BCUT2D eigenvalue weighted by molar-refractivity contribution is 5.63. The van der Waals surface area contributed by atoms with Crippen molar-refractivity contribution in [2.75, 3.05) is 26.2 Å². The first kappa shape index (κ1) is 13.8. The minimum Gasteiger partial charge on any atom is -0.395 e. The van der Waals surface area contributed by atoms with E-state index < -0.39 is 0 Å². The monoisotopic (exact) mass is 260 g/mol. The maximum absolute atomic E-state index is 12.0. The lowest BCUT2D eigenvalue weighted by molar-refractivity contribution is 0.220. The van der Waals surface area contributed by atoms with E-state index in [0.29, 0.717) is 18.0 Å². The summed E-state index contributed by atoms with van der Waals surface area (Å²) in [7, 11) is 0. The maximum Gasteiger partial charge on any atom is 0.256 e. The first-order chi connectivity index (χ1) is 9.19. The molecular formula is C15H20N2O2. The number of aliphatic hydroxyl groups is 1. The van der Waals surface area contributed by atoms with Gasteiger partial charge in [-0.15, -0.1) is 0 Å². The fourth-order valence-electron chi connectivity index (χ4n) is 2.64. The number of hydrogen-bond donors (Lipinski definition) is 2. The van der Waals surface area contributed by atoms with E-state index in [0.717, 1.165) is 30.8 Å². The first-order valence-electron chi connectivity index (χ1n) is 6.55. The number of aromatic nitrogens is 1. The number of aliphatic hydroxyl groups excluding tert-OH is 1. The summed E-state index contributed by atoms with van der Waals surface area (Å²) >= 11 is 0. The molecule has 0 radical (unpaired) electrons. The van der Waals surface area contributed by atoms with Crippen LogP contribution in [0.25, 0.3) is 12.2 Å². The van der Waals surface area contributed by atoms with Gasteiger partial charge in [-0.05, 0) is 24.6 Å². The number of nitrogens with zero attached hydrogens (tertiary/aromatic N) is 1. The molecule has 4 heteroatoms. The Balaban J connectivity index is 2.27. The van der Waals surface area contributed by atoms with E-state index in [-0.39, 0.29) is 12.2 Å². The predicted molar refractivity (Wildman–Crippen MR) is 78.1 cm³/mol. The van der Waals surface area contributed by atoms with Gasteiger partial charge in [-0.2, -0.15) is 0 Å². The van der Waals surface area contributed by atoms with Crippen LogP contribution < -0.4 is 5.56 Å². The second-order valence-electron chi connectivity index (χ2n) is 4.84. The molecule has 102 valence electrons. The Labute approximate surface area is 113 Å². The van der Waals surface area contributed by atoms with Crippen LogP contribution in [0, 0.1) is 0 Å². The molecule has 1 atom stereocenters. The smallest absolute Gasteiger partial charge is 0.256 e. The quantitative estimate of drug-likeness (QED) is 0.842. The Morgan fingerprint density at radius 3 is 2.89 bits per heavy atom. The third-order valence-electron chi connectivity index (χ3n) is 3.68. The average Bonchev–Trinajstić information content (AvgIpc) is 2.86. The highest BCUT2D eigenvalue weighted by Gasteiger charge is 2.24. The van der Waals surface area contributed by atoms with E-state index in [1.165, 1.54) is 0 Å². The van der Waals surface area contributed by atoms with Crippen molar-refractivity contribution in [1.29, 1.82) is 0 Å². The zero-order chi connectivity index (χ0) is 13.8. The highest BCUT2D eigenvalue weighted by atomic mass is 16.3. The van der Waals surface area contributed by atoms with Gasteiger partial charge in [0.2, 0.25) is 0 Å². The molecule has 1 fully saturated rings. The van der Waals surface area contributed by atoms with Crippen molar-refractivity contribution in [1.82, 2.24) is 9.88 Å². The minimum atomic E-state index is -0.108. The van der Waals surface area contributed by atoms with E-state index in [9.17, 15) is 4.79 Å². The molecule has 1 aromatic rings. The topological polar surface area (TPSA) is 56.3 Å². The maximum atomic E-state index is 12.0. The molecule has 1 saturated heterocycles. The summed E-state index contributed by atoms with van der Waals surface area (Å²) < 4.78 is 0. The largest absolute Gasteiger partial charge is 0.395 e. The van der Waals surface area contributed by atoms with Gasteiger partial charge >= 0.3 is 0 Å². The van der Waals surface area contributed by atoms with E-state index in [1.54, 1.807) is 12.2 Å². The molecule has 19 heavy (non-hydrogen) atoms. The summed E-state index contributed by atoms with van der Waals surface area (Å²) in [6, 6.07) is 1.98. The van der Waals surface area contributed by atoms with Crippen LogP contribution >= 0.6 is 0 Å².